The molecule has 0 atom stereocenters. The van der Waals surface area contributed by atoms with Crippen LogP contribution in [0.1, 0.15) is 0 Å². The Bertz CT molecular complexity index is 323. The highest BCUT2D eigenvalue weighted by Crippen LogP contribution is 2.10. The Morgan fingerprint density at radius 2 is 2.18 bits per heavy atom. The maximum Gasteiger partial charge on any atom is 0.373 e. The third-order valence-corrected chi connectivity index (χ3v) is 1.59. The number of aromatic nitrogens is 1. The van der Waals surface area contributed by atoms with E-state index in [0.29, 0.717) is 0 Å². The van der Waals surface area contributed by atoms with Crippen LogP contribution in [0.5, 0.6) is 5.88 Å². The molecule has 11 heavy (non-hydrogen) atoms. The first-order chi connectivity index (χ1) is 5.08. The van der Waals surface area contributed by atoms with Crippen molar-refractivity contribution in [2.45, 2.75) is 0 Å². The van der Waals surface area contributed by atoms with Gasteiger partial charge >= 0.3 is 8.55 Å². The van der Waals surface area contributed by atoms with Gasteiger partial charge in [-0.05, 0) is 6.07 Å². The van der Waals surface area contributed by atoms with Crippen molar-refractivity contribution < 1.29 is 12.6 Å². The molecule has 0 radical (unpaired) electrons. The lowest BCUT2D eigenvalue weighted by molar-refractivity contribution is 0.495. The van der Waals surface area contributed by atoms with Crippen molar-refractivity contribution in [2.24, 2.45) is 0 Å². The van der Waals surface area contributed by atoms with E-state index in [1.165, 1.54) is 12.3 Å². The average Bonchev–Trinajstić information content (AvgIpc) is 1.85. The molecule has 0 fully saturated rings. The monoisotopic (exact) mass is 237 g/mol. The lowest BCUT2D eigenvalue weighted by atomic mass is 10.5. The zero-order valence-electron chi connectivity index (χ0n) is 5.27. The van der Waals surface area contributed by atoms with Crippen molar-refractivity contribution in [3.05, 3.63) is 24.4 Å². The van der Waals surface area contributed by atoms with E-state index in [-0.39, 0.29) is 5.88 Å². The zero-order valence-corrected chi connectivity index (χ0v) is 7.67. The van der Waals surface area contributed by atoms with Crippen LogP contribution in [-0.4, -0.2) is 13.4 Å². The predicted octanol–water partition coefficient (Wildman–Crippen LogP) is 1.10. The Kier molecular flexibility index (Phi) is 2.45. The van der Waals surface area contributed by atoms with Crippen molar-refractivity contribution in [2.75, 3.05) is 0 Å². The van der Waals surface area contributed by atoms with Gasteiger partial charge in [-0.15, -0.1) is 0 Å². The molecule has 1 rings (SSSR count). The smallest absolute Gasteiger partial charge is 0.354 e. The van der Waals surface area contributed by atoms with Gasteiger partial charge in [-0.2, -0.15) is 8.42 Å². The summed E-state index contributed by atoms with van der Waals surface area (Å²) in [7, 11) is -3.63. The summed E-state index contributed by atoms with van der Waals surface area (Å²) in [6.45, 7) is 0. The third kappa shape index (κ3) is 3.33. The Morgan fingerprint density at radius 1 is 1.45 bits per heavy atom. The minimum atomic E-state index is -3.63. The molecule has 0 N–H and O–H groups in total. The number of halogens is 1. The van der Waals surface area contributed by atoms with E-state index in [1.54, 1.807) is 12.1 Å². The summed E-state index contributed by atoms with van der Waals surface area (Å²) in [6, 6.07) is 4.73. The van der Waals surface area contributed by atoms with Gasteiger partial charge in [0.1, 0.15) is 14.8 Å². The van der Waals surface area contributed by atoms with E-state index in [1.807, 2.05) is 0 Å². The summed E-state index contributed by atoms with van der Waals surface area (Å²) in [4.78, 5) is 3.63. The Balaban J connectivity index is 2.82. The van der Waals surface area contributed by atoms with Crippen LogP contribution in [0.3, 0.4) is 0 Å². The molecule has 0 aliphatic rings. The largest absolute Gasteiger partial charge is 0.373 e. The molecule has 4 nitrogen and oxygen atoms in total. The molecule has 0 aliphatic heterocycles. The molecule has 0 aromatic carbocycles. The highest BCUT2D eigenvalue weighted by Gasteiger charge is 2.05. The molecule has 1 aromatic heterocycles. The number of pyridine rings is 1. The van der Waals surface area contributed by atoms with Gasteiger partial charge < -0.3 is 4.18 Å². The minimum Gasteiger partial charge on any atom is -0.354 e. The fraction of sp³-hybridized carbons (Fsp3) is 0. The van der Waals surface area contributed by atoms with E-state index in [9.17, 15) is 8.42 Å². The van der Waals surface area contributed by atoms with Crippen molar-refractivity contribution in [1.29, 1.82) is 0 Å². The zero-order chi connectivity index (χ0) is 8.32. The summed E-state index contributed by atoms with van der Waals surface area (Å²) in [5.41, 5.74) is 0. The van der Waals surface area contributed by atoms with Crippen molar-refractivity contribution >= 4 is 23.4 Å². The van der Waals surface area contributed by atoms with Gasteiger partial charge in [-0.3, -0.25) is 0 Å². The lowest BCUT2D eigenvalue weighted by Crippen LogP contribution is -2.00. The summed E-state index contributed by atoms with van der Waals surface area (Å²) < 4.78 is 25.3. The van der Waals surface area contributed by atoms with E-state index in [2.05, 4.69) is 24.0 Å². The first-order valence-corrected chi connectivity index (χ1v) is 5.88. The Morgan fingerprint density at radius 3 is 2.64 bits per heavy atom. The highest BCUT2D eigenvalue weighted by molar-refractivity contribution is 9.46. The molecular weight excluding hydrogens is 234 g/mol. The third-order valence-electron chi connectivity index (χ3n) is 0.823. The molecule has 6 heteroatoms. The summed E-state index contributed by atoms with van der Waals surface area (Å²) in [5, 5.41) is 0. The normalized spacial score (nSPS) is 11.0. The number of hydrogen-bond acceptors (Lipinski definition) is 4. The maximum absolute atomic E-state index is 10.5. The molecule has 0 saturated heterocycles. The Hall–Kier alpha value is -0.620. The summed E-state index contributed by atoms with van der Waals surface area (Å²) >= 11 is 2.33. The molecule has 0 bridgehead atoms. The maximum atomic E-state index is 10.5. The molecule has 0 amide bonds. The molecule has 0 aliphatic carbocycles. The fourth-order valence-corrected chi connectivity index (χ4v) is 1.21. The second kappa shape index (κ2) is 3.19. The molecule has 0 unspecified atom stereocenters. The van der Waals surface area contributed by atoms with E-state index >= 15 is 0 Å². The van der Waals surface area contributed by atoms with Gasteiger partial charge in [-0.1, -0.05) is 6.07 Å². The fourth-order valence-electron chi connectivity index (χ4n) is 0.498. The first kappa shape index (κ1) is 8.48. The SMILES string of the molecule is O=S(=O)(Br)Oc1ccccn1. The van der Waals surface area contributed by atoms with Gasteiger partial charge in [0, 0.05) is 12.3 Å². The summed E-state index contributed by atoms with van der Waals surface area (Å²) in [5.74, 6) is 0.0457. The van der Waals surface area contributed by atoms with Gasteiger partial charge in [0.15, 0.2) is 0 Å². The average molecular weight is 238 g/mol. The molecule has 0 spiro atoms. The lowest BCUT2D eigenvalue weighted by Gasteiger charge is -1.96. The highest BCUT2D eigenvalue weighted by atomic mass is 79.9. The minimum absolute atomic E-state index is 0.0457. The number of nitrogens with zero attached hydrogens (tertiary/aromatic N) is 1. The Labute approximate surface area is 71.5 Å². The van der Waals surface area contributed by atoms with Crippen molar-refractivity contribution in [3.63, 3.8) is 0 Å². The van der Waals surface area contributed by atoms with E-state index in [0.717, 1.165) is 0 Å². The van der Waals surface area contributed by atoms with Crippen LogP contribution < -0.4 is 4.18 Å². The first-order valence-electron chi connectivity index (χ1n) is 2.63. The van der Waals surface area contributed by atoms with Crippen LogP contribution in [0.4, 0.5) is 0 Å². The van der Waals surface area contributed by atoms with Gasteiger partial charge in [-0.25, -0.2) is 4.98 Å². The van der Waals surface area contributed by atoms with Crippen molar-refractivity contribution in [1.82, 2.24) is 4.98 Å². The molecule has 60 valence electrons. The standard InChI is InChI=1S/C5H4BrNO3S/c6-11(8,9)10-5-3-1-2-4-7-5/h1-4H. The van der Waals surface area contributed by atoms with E-state index in [4.69, 9.17) is 0 Å². The van der Waals surface area contributed by atoms with Crippen LogP contribution in [0.25, 0.3) is 0 Å². The predicted molar refractivity (Wildman–Crippen MR) is 42.7 cm³/mol. The van der Waals surface area contributed by atoms with Crippen LogP contribution >= 0.6 is 14.8 Å². The van der Waals surface area contributed by atoms with Crippen LogP contribution in [0, 0.1) is 0 Å². The second-order valence-corrected chi connectivity index (χ2v) is 4.98. The van der Waals surface area contributed by atoms with Crippen molar-refractivity contribution in [3.8, 4) is 5.88 Å². The molecule has 0 saturated carbocycles. The molecule has 1 aromatic rings. The quantitative estimate of drug-likeness (QED) is 0.724. The second-order valence-electron chi connectivity index (χ2n) is 1.64. The van der Waals surface area contributed by atoms with Gasteiger partial charge in [0.05, 0.1) is 0 Å². The summed E-state index contributed by atoms with van der Waals surface area (Å²) in [6.07, 6.45) is 1.44. The van der Waals surface area contributed by atoms with Crippen LogP contribution in [0.2, 0.25) is 0 Å². The molecular formula is C5H4BrNO3S. The van der Waals surface area contributed by atoms with Crippen LogP contribution in [0.15, 0.2) is 24.4 Å². The van der Waals surface area contributed by atoms with Crippen LogP contribution in [-0.2, 0) is 8.55 Å². The van der Waals surface area contributed by atoms with Gasteiger partial charge in [0.25, 0.3) is 0 Å². The number of hydrogen-bond donors (Lipinski definition) is 0. The van der Waals surface area contributed by atoms with Gasteiger partial charge in [0.2, 0.25) is 5.88 Å². The van der Waals surface area contributed by atoms with E-state index < -0.39 is 8.55 Å². The topological polar surface area (TPSA) is 56.3 Å². The number of rotatable bonds is 2. The molecule has 1 heterocycles.